The molecule has 55 heavy (non-hydrogen) atoms. The lowest BCUT2D eigenvalue weighted by Gasteiger charge is -2.41. The summed E-state index contributed by atoms with van der Waals surface area (Å²) in [4.78, 5) is 0. The molecule has 1 aliphatic rings. The minimum absolute atomic E-state index is 0.00632. The Morgan fingerprint density at radius 2 is 1.18 bits per heavy atom. The molecule has 0 aliphatic carbocycles. The van der Waals surface area contributed by atoms with Gasteiger partial charge in [-0.25, -0.2) is 0 Å². The van der Waals surface area contributed by atoms with Crippen molar-refractivity contribution in [3.8, 4) is 11.5 Å². The molecule has 0 amide bonds. The van der Waals surface area contributed by atoms with E-state index < -0.39 is 51.7 Å². The van der Waals surface area contributed by atoms with Gasteiger partial charge in [-0.15, -0.1) is 0 Å². The number of hydrogen-bond acceptors (Lipinski definition) is 5. The highest BCUT2D eigenvalue weighted by molar-refractivity contribution is 6.74. The van der Waals surface area contributed by atoms with Crippen LogP contribution in [-0.4, -0.2) is 75.0 Å². The van der Waals surface area contributed by atoms with E-state index >= 15 is 0 Å². The normalized spacial score (nSPS) is 18.8. The van der Waals surface area contributed by atoms with E-state index in [4.69, 9.17) is 18.6 Å². The highest BCUT2D eigenvalue weighted by atomic mass is 28.4. The number of hydrogen-bond donors (Lipinski definition) is 1. The molecule has 0 aromatic heterocycles. The molecule has 15 heteroatoms. The van der Waals surface area contributed by atoms with E-state index in [1.165, 1.54) is 57.1 Å². The Bertz CT molecular complexity index is 1210. The third kappa shape index (κ3) is 14.9. The second-order valence-electron chi connectivity index (χ2n) is 16.5. The molecule has 4 atom stereocenters. The van der Waals surface area contributed by atoms with Crippen LogP contribution in [0, 0.1) is 0 Å². The second kappa shape index (κ2) is 21.9. The number of ether oxygens (including phenoxy) is 3. The summed E-state index contributed by atoms with van der Waals surface area (Å²) in [6.45, 7) is 12.6. The van der Waals surface area contributed by atoms with Gasteiger partial charge in [0.05, 0.1) is 24.9 Å². The van der Waals surface area contributed by atoms with Gasteiger partial charge in [0.2, 0.25) is 0 Å². The molecule has 1 N–H and O–H groups in total. The van der Waals surface area contributed by atoms with Crippen molar-refractivity contribution < 1.29 is 63.3 Å². The topological polar surface area (TPSA) is 57.2 Å². The number of rotatable bonds is 27. The molecule has 1 aromatic rings. The van der Waals surface area contributed by atoms with Crippen LogP contribution in [0.5, 0.6) is 11.5 Å². The van der Waals surface area contributed by atoms with Crippen LogP contribution in [0.4, 0.5) is 39.5 Å². The molecular weight excluding hydrogens is 760 g/mol. The van der Waals surface area contributed by atoms with Crippen molar-refractivity contribution in [2.45, 2.75) is 203 Å². The summed E-state index contributed by atoms with van der Waals surface area (Å²) in [5.74, 6) is -18.6. The molecule has 1 fully saturated rings. The maximum Gasteiger partial charge on any atom is 0.460 e. The third-order valence-corrected chi connectivity index (χ3v) is 15.4. The first-order valence-electron chi connectivity index (χ1n) is 20.0. The zero-order valence-corrected chi connectivity index (χ0v) is 34.5. The molecule has 1 aromatic carbocycles. The fourth-order valence-corrected chi connectivity index (χ4v) is 7.78. The molecule has 0 saturated carbocycles. The van der Waals surface area contributed by atoms with E-state index in [2.05, 4.69) is 40.8 Å². The predicted octanol–water partition coefficient (Wildman–Crippen LogP) is 13.1. The smallest absolute Gasteiger partial charge is 0.460 e. The Morgan fingerprint density at radius 1 is 0.691 bits per heavy atom. The predicted molar refractivity (Wildman–Crippen MR) is 199 cm³/mol. The van der Waals surface area contributed by atoms with Crippen LogP contribution in [0.25, 0.3) is 0 Å². The van der Waals surface area contributed by atoms with Gasteiger partial charge >= 0.3 is 23.9 Å². The lowest BCUT2D eigenvalue weighted by molar-refractivity contribution is -0.396. The van der Waals surface area contributed by atoms with E-state index in [1.807, 2.05) is 0 Å². The summed E-state index contributed by atoms with van der Waals surface area (Å²) in [7, 11) is -2.14. The molecule has 1 saturated heterocycles. The quantitative estimate of drug-likeness (QED) is 0.0544. The molecule has 0 radical (unpaired) electrons. The van der Waals surface area contributed by atoms with Gasteiger partial charge in [0.1, 0.15) is 17.6 Å². The Kier molecular flexibility index (Phi) is 19.7. The Balaban J connectivity index is 2.06. The van der Waals surface area contributed by atoms with Crippen molar-refractivity contribution in [2.75, 3.05) is 13.2 Å². The van der Waals surface area contributed by atoms with Crippen molar-refractivity contribution in [3.05, 3.63) is 24.3 Å². The van der Waals surface area contributed by atoms with Gasteiger partial charge < -0.3 is 23.7 Å². The Labute approximate surface area is 323 Å². The number of benzene rings is 1. The molecule has 1 heterocycles. The van der Waals surface area contributed by atoms with Crippen LogP contribution in [0.2, 0.25) is 18.1 Å². The highest BCUT2D eigenvalue weighted by Crippen LogP contribution is 2.54. The summed E-state index contributed by atoms with van der Waals surface area (Å²) < 4.78 is 144. The van der Waals surface area contributed by atoms with Crippen LogP contribution >= 0.6 is 0 Å². The lowest BCUT2D eigenvalue weighted by Crippen LogP contribution is -2.60. The summed E-state index contributed by atoms with van der Waals surface area (Å²) in [6, 6.07) is 6.11. The van der Waals surface area contributed by atoms with Gasteiger partial charge in [0, 0.05) is 13.0 Å². The van der Waals surface area contributed by atoms with Crippen LogP contribution < -0.4 is 9.47 Å². The average Bonchev–Trinajstić information content (AvgIpc) is 3.58. The summed E-state index contributed by atoms with van der Waals surface area (Å²) in [5, 5.41) is 9.60. The van der Waals surface area contributed by atoms with E-state index in [9.17, 15) is 44.6 Å². The van der Waals surface area contributed by atoms with E-state index in [1.54, 1.807) is 12.1 Å². The zero-order chi connectivity index (χ0) is 41.6. The molecule has 1 aliphatic heterocycles. The minimum atomic E-state index is -6.91. The van der Waals surface area contributed by atoms with Gasteiger partial charge in [-0.05, 0) is 87.3 Å². The summed E-state index contributed by atoms with van der Waals surface area (Å²) in [6.07, 6.45) is 4.80. The fourth-order valence-electron chi connectivity index (χ4n) is 6.40. The largest absolute Gasteiger partial charge is 0.494 e. The van der Waals surface area contributed by atoms with Crippen molar-refractivity contribution in [3.63, 3.8) is 0 Å². The van der Waals surface area contributed by atoms with E-state index in [-0.39, 0.29) is 41.8 Å². The summed E-state index contributed by atoms with van der Waals surface area (Å²) in [5.41, 5.74) is 0. The van der Waals surface area contributed by atoms with E-state index in [0.717, 1.165) is 38.5 Å². The first-order chi connectivity index (χ1) is 25.5. The molecule has 0 spiro atoms. The fraction of sp³-hybridized carbons (Fsp3) is 0.850. The Hall–Kier alpha value is -1.71. The molecule has 0 bridgehead atoms. The maximum absolute atomic E-state index is 13.9. The monoisotopic (exact) mass is 824 g/mol. The van der Waals surface area contributed by atoms with Gasteiger partial charge in [0.15, 0.2) is 8.32 Å². The van der Waals surface area contributed by atoms with Crippen LogP contribution in [0.1, 0.15) is 137 Å². The van der Waals surface area contributed by atoms with Crippen LogP contribution in [0.15, 0.2) is 24.3 Å². The summed E-state index contributed by atoms with van der Waals surface area (Å²) >= 11 is 0. The number of unbranched alkanes of at least 4 members (excludes halogenated alkanes) is 9. The number of aliphatic hydroxyl groups excluding tert-OH is 1. The van der Waals surface area contributed by atoms with Crippen LogP contribution in [0.3, 0.4) is 0 Å². The zero-order valence-electron chi connectivity index (χ0n) is 33.5. The van der Waals surface area contributed by atoms with Crippen LogP contribution in [-0.2, 0) is 9.16 Å². The first kappa shape index (κ1) is 49.4. The van der Waals surface area contributed by atoms with Gasteiger partial charge in [0.25, 0.3) is 0 Å². The highest BCUT2D eigenvalue weighted by Gasteiger charge is 2.81. The minimum Gasteiger partial charge on any atom is -0.494 e. The average molecular weight is 825 g/mol. The number of aliphatic hydroxyl groups is 1. The SMILES string of the molecule is CCCCCCCCCCCC[C@@H](Oc1ccc(OCCCC(F)(F)C(F)(F)C(F)(F)C(F)(F)F)cc1)[C@H]1CC[C@H]([C@@H](CCCO)O[Si](C)(C)C(C)(C)C)O1. The van der Waals surface area contributed by atoms with Gasteiger partial charge in [-0.1, -0.05) is 85.5 Å². The molecule has 0 unspecified atom stereocenters. The molecule has 5 nitrogen and oxygen atoms in total. The number of alkyl halides is 9. The third-order valence-electron chi connectivity index (χ3n) is 10.9. The van der Waals surface area contributed by atoms with Gasteiger partial charge in [-0.3, -0.25) is 0 Å². The van der Waals surface area contributed by atoms with E-state index in [0.29, 0.717) is 18.6 Å². The maximum atomic E-state index is 13.9. The van der Waals surface area contributed by atoms with Gasteiger partial charge in [-0.2, -0.15) is 39.5 Å². The van der Waals surface area contributed by atoms with Crippen molar-refractivity contribution in [1.29, 1.82) is 0 Å². The first-order valence-corrected chi connectivity index (χ1v) is 23.0. The molecule has 322 valence electrons. The van der Waals surface area contributed by atoms with Crippen molar-refractivity contribution >= 4 is 8.32 Å². The molecular formula is C40H65F9O5Si. The standard InChI is InChI=1S/C40H65F9O5Si/c1-7-8-9-10-11-12-13-14-15-16-19-32(33-25-26-34(53-33)35(20-17-28-50)54-55(5,6)36(2,3)4)52-31-23-21-30(22-24-31)51-29-18-27-37(41,42)38(43,44)39(45,46)40(47,48)49/h21-24,32-35,50H,7-20,25-29H2,1-6H3/t32-,33-,34-,35-/m1/s1. The van der Waals surface area contributed by atoms with Crippen molar-refractivity contribution in [2.24, 2.45) is 0 Å². The molecule has 2 rings (SSSR count). The lowest BCUT2D eigenvalue weighted by atomic mass is 10.00. The van der Waals surface area contributed by atoms with Crippen molar-refractivity contribution in [1.82, 2.24) is 0 Å². The second-order valence-corrected chi connectivity index (χ2v) is 21.2. The Morgan fingerprint density at radius 3 is 1.69 bits per heavy atom. The number of halogens is 9.